The number of benzene rings is 1. The molecule has 2 aromatic heterocycles. The highest BCUT2D eigenvalue weighted by Crippen LogP contribution is 2.24. The van der Waals surface area contributed by atoms with Crippen molar-refractivity contribution in [1.82, 2.24) is 14.5 Å². The second-order valence-electron chi connectivity index (χ2n) is 4.24. The van der Waals surface area contributed by atoms with Crippen LogP contribution < -0.4 is 5.73 Å². The molecule has 0 bridgehead atoms. The number of hydrogen-bond acceptors (Lipinski definition) is 3. The van der Waals surface area contributed by atoms with Gasteiger partial charge in [0.25, 0.3) is 0 Å². The fraction of sp³-hybridized carbons (Fsp3) is 0.0769. The Labute approximate surface area is 113 Å². The topological polar surface area (TPSA) is 56.7 Å². The standard InChI is InChI=1S/C13H10ClFN4/c1-7-4-9(2-3-10(7)15)19-12-11(18-13(19)16)5-8(14)6-17-12/h2-6H,1H3,(H2,16,18). The van der Waals surface area contributed by atoms with E-state index in [1.54, 1.807) is 29.7 Å². The molecule has 0 aliphatic rings. The zero-order valence-corrected chi connectivity index (χ0v) is 10.8. The Morgan fingerprint density at radius 3 is 2.84 bits per heavy atom. The van der Waals surface area contributed by atoms with Crippen molar-refractivity contribution in [3.8, 4) is 5.69 Å². The van der Waals surface area contributed by atoms with Crippen molar-refractivity contribution in [2.24, 2.45) is 0 Å². The van der Waals surface area contributed by atoms with Crippen molar-refractivity contribution in [3.63, 3.8) is 0 Å². The van der Waals surface area contributed by atoms with Crippen LogP contribution in [0.5, 0.6) is 0 Å². The molecule has 0 aliphatic heterocycles. The van der Waals surface area contributed by atoms with Crippen LogP contribution in [-0.2, 0) is 0 Å². The van der Waals surface area contributed by atoms with E-state index in [0.29, 0.717) is 27.4 Å². The normalized spacial score (nSPS) is 11.1. The molecule has 0 atom stereocenters. The number of hydrogen-bond donors (Lipinski definition) is 1. The lowest BCUT2D eigenvalue weighted by molar-refractivity contribution is 0.618. The Bertz CT molecular complexity index is 782. The number of aromatic nitrogens is 3. The number of pyridine rings is 1. The van der Waals surface area contributed by atoms with Crippen LogP contribution in [0.25, 0.3) is 16.9 Å². The third kappa shape index (κ3) is 1.92. The van der Waals surface area contributed by atoms with Crippen molar-refractivity contribution in [1.29, 1.82) is 0 Å². The van der Waals surface area contributed by atoms with E-state index >= 15 is 0 Å². The van der Waals surface area contributed by atoms with Gasteiger partial charge < -0.3 is 5.73 Å². The number of nitrogens with zero attached hydrogens (tertiary/aromatic N) is 3. The van der Waals surface area contributed by atoms with Crippen molar-refractivity contribution < 1.29 is 4.39 Å². The molecule has 0 saturated carbocycles. The number of nitrogens with two attached hydrogens (primary N) is 1. The first-order chi connectivity index (χ1) is 9.06. The van der Waals surface area contributed by atoms with Crippen molar-refractivity contribution in [2.45, 2.75) is 6.92 Å². The number of aryl methyl sites for hydroxylation is 1. The molecule has 6 heteroatoms. The van der Waals surface area contributed by atoms with Crippen molar-refractivity contribution in [3.05, 3.63) is 46.9 Å². The number of anilines is 1. The van der Waals surface area contributed by atoms with Gasteiger partial charge in [-0.05, 0) is 36.8 Å². The summed E-state index contributed by atoms with van der Waals surface area (Å²) in [5.74, 6) is 0.0264. The maximum absolute atomic E-state index is 13.3. The van der Waals surface area contributed by atoms with Crippen LogP contribution in [0.2, 0.25) is 5.02 Å². The maximum atomic E-state index is 13.3. The second-order valence-corrected chi connectivity index (χ2v) is 4.67. The van der Waals surface area contributed by atoms with Crippen LogP contribution in [0, 0.1) is 12.7 Å². The molecule has 0 aliphatic carbocycles. The second kappa shape index (κ2) is 4.20. The minimum absolute atomic E-state index is 0.261. The van der Waals surface area contributed by atoms with Crippen LogP contribution in [0.1, 0.15) is 5.56 Å². The van der Waals surface area contributed by atoms with Crippen LogP contribution >= 0.6 is 11.6 Å². The predicted octanol–water partition coefficient (Wildman–Crippen LogP) is 3.10. The fourth-order valence-corrected chi connectivity index (χ4v) is 2.13. The van der Waals surface area contributed by atoms with Gasteiger partial charge in [-0.3, -0.25) is 4.57 Å². The molecule has 0 saturated heterocycles. The Hall–Kier alpha value is -2.14. The lowest BCUT2D eigenvalue weighted by atomic mass is 10.2. The Morgan fingerprint density at radius 1 is 1.32 bits per heavy atom. The maximum Gasteiger partial charge on any atom is 0.207 e. The summed E-state index contributed by atoms with van der Waals surface area (Å²) in [6.45, 7) is 1.69. The summed E-state index contributed by atoms with van der Waals surface area (Å²) in [5, 5.41) is 0.493. The molecule has 0 fully saturated rings. The monoisotopic (exact) mass is 276 g/mol. The van der Waals surface area contributed by atoms with E-state index in [1.807, 2.05) is 0 Å². The van der Waals surface area contributed by atoms with Gasteiger partial charge in [0, 0.05) is 6.20 Å². The Morgan fingerprint density at radius 2 is 2.11 bits per heavy atom. The summed E-state index contributed by atoms with van der Waals surface area (Å²) < 4.78 is 15.0. The molecule has 0 amide bonds. The van der Waals surface area contributed by atoms with E-state index in [1.165, 1.54) is 12.3 Å². The summed E-state index contributed by atoms with van der Waals surface area (Å²) in [4.78, 5) is 8.43. The van der Waals surface area contributed by atoms with E-state index < -0.39 is 0 Å². The minimum Gasteiger partial charge on any atom is -0.369 e. The van der Waals surface area contributed by atoms with Crippen LogP contribution in [0.4, 0.5) is 10.3 Å². The van der Waals surface area contributed by atoms with Gasteiger partial charge in [-0.2, -0.15) is 0 Å². The van der Waals surface area contributed by atoms with Crippen LogP contribution in [-0.4, -0.2) is 14.5 Å². The smallest absolute Gasteiger partial charge is 0.207 e. The molecule has 19 heavy (non-hydrogen) atoms. The molecule has 0 spiro atoms. The molecule has 0 radical (unpaired) electrons. The Kier molecular flexibility index (Phi) is 2.64. The first-order valence-electron chi connectivity index (χ1n) is 5.62. The average Bonchev–Trinajstić information content (AvgIpc) is 2.68. The summed E-state index contributed by atoms with van der Waals surface area (Å²) in [7, 11) is 0. The van der Waals surface area contributed by atoms with Gasteiger partial charge in [0.05, 0.1) is 10.7 Å². The number of halogens is 2. The summed E-state index contributed by atoms with van der Waals surface area (Å²) >= 11 is 5.87. The van der Waals surface area contributed by atoms with Gasteiger partial charge >= 0.3 is 0 Å². The van der Waals surface area contributed by atoms with E-state index in [-0.39, 0.29) is 11.8 Å². The first-order valence-corrected chi connectivity index (χ1v) is 6.00. The van der Waals surface area contributed by atoms with Gasteiger partial charge in [-0.15, -0.1) is 0 Å². The highest BCUT2D eigenvalue weighted by atomic mass is 35.5. The fourth-order valence-electron chi connectivity index (χ4n) is 1.98. The molecule has 1 aromatic carbocycles. The first kappa shape index (κ1) is 11.9. The summed E-state index contributed by atoms with van der Waals surface area (Å²) in [5.41, 5.74) is 8.34. The van der Waals surface area contributed by atoms with Crippen molar-refractivity contribution >= 4 is 28.7 Å². The molecular weight excluding hydrogens is 267 g/mol. The van der Waals surface area contributed by atoms with E-state index in [0.717, 1.165) is 0 Å². The molecule has 3 rings (SSSR count). The highest BCUT2D eigenvalue weighted by molar-refractivity contribution is 6.31. The largest absolute Gasteiger partial charge is 0.369 e. The van der Waals surface area contributed by atoms with Gasteiger partial charge in [0.1, 0.15) is 11.3 Å². The van der Waals surface area contributed by atoms with Crippen LogP contribution in [0.15, 0.2) is 30.5 Å². The minimum atomic E-state index is -0.261. The average molecular weight is 277 g/mol. The van der Waals surface area contributed by atoms with Crippen LogP contribution in [0.3, 0.4) is 0 Å². The SMILES string of the molecule is Cc1cc(-n2c(N)nc3cc(Cl)cnc32)ccc1F. The van der Waals surface area contributed by atoms with E-state index in [9.17, 15) is 4.39 Å². The third-order valence-electron chi connectivity index (χ3n) is 2.89. The van der Waals surface area contributed by atoms with Gasteiger partial charge in [0.15, 0.2) is 5.65 Å². The molecular formula is C13H10ClFN4. The van der Waals surface area contributed by atoms with Gasteiger partial charge in [-0.1, -0.05) is 11.6 Å². The number of rotatable bonds is 1. The lowest BCUT2D eigenvalue weighted by Crippen LogP contribution is -2.02. The molecule has 4 nitrogen and oxygen atoms in total. The van der Waals surface area contributed by atoms with E-state index in [2.05, 4.69) is 9.97 Å². The van der Waals surface area contributed by atoms with Gasteiger partial charge in [-0.25, -0.2) is 14.4 Å². The summed E-state index contributed by atoms with van der Waals surface area (Å²) in [6, 6.07) is 6.41. The van der Waals surface area contributed by atoms with Gasteiger partial charge in [0.2, 0.25) is 5.95 Å². The number of fused-ring (bicyclic) bond motifs is 1. The molecule has 2 heterocycles. The number of nitrogen functional groups attached to an aromatic ring is 1. The zero-order chi connectivity index (χ0) is 13.6. The summed E-state index contributed by atoms with van der Waals surface area (Å²) in [6.07, 6.45) is 1.53. The van der Waals surface area contributed by atoms with E-state index in [4.69, 9.17) is 17.3 Å². The zero-order valence-electron chi connectivity index (χ0n) is 10.1. The number of imidazole rings is 1. The molecule has 3 aromatic rings. The molecule has 96 valence electrons. The lowest BCUT2D eigenvalue weighted by Gasteiger charge is -2.07. The Balaban J connectivity index is 2.29. The molecule has 0 unspecified atom stereocenters. The quantitative estimate of drug-likeness (QED) is 0.743. The highest BCUT2D eigenvalue weighted by Gasteiger charge is 2.12. The molecule has 2 N–H and O–H groups in total. The third-order valence-corrected chi connectivity index (χ3v) is 3.10. The van der Waals surface area contributed by atoms with Crippen molar-refractivity contribution in [2.75, 3.05) is 5.73 Å². The predicted molar refractivity (Wildman–Crippen MR) is 73.0 cm³/mol.